The van der Waals surface area contributed by atoms with E-state index in [0.717, 1.165) is 47.8 Å². The zero-order valence-electron chi connectivity index (χ0n) is 17.3. The molecule has 0 saturated heterocycles. The average Bonchev–Trinajstić information content (AvgIpc) is 2.66. The van der Waals surface area contributed by atoms with E-state index < -0.39 is 11.5 Å². The van der Waals surface area contributed by atoms with Crippen LogP contribution in [-0.4, -0.2) is 20.9 Å². The summed E-state index contributed by atoms with van der Waals surface area (Å²) in [5.74, 6) is 0.160. The van der Waals surface area contributed by atoms with Gasteiger partial charge in [-0.1, -0.05) is 27.5 Å². The molecule has 4 bridgehead atoms. The number of aryl methyl sites for hydroxylation is 1. The van der Waals surface area contributed by atoms with E-state index in [2.05, 4.69) is 26.3 Å². The Labute approximate surface area is 194 Å². The maximum Gasteiger partial charge on any atom is 0.303 e. The summed E-state index contributed by atoms with van der Waals surface area (Å²) in [5, 5.41) is 17.4. The number of rotatable bonds is 5. The lowest BCUT2D eigenvalue weighted by atomic mass is 9.46. The molecule has 1 heterocycles. The van der Waals surface area contributed by atoms with E-state index in [1.54, 1.807) is 10.9 Å². The Hall–Kier alpha value is -1.86. The van der Waals surface area contributed by atoms with Gasteiger partial charge in [0.1, 0.15) is 5.02 Å². The van der Waals surface area contributed by atoms with Crippen LogP contribution in [0.25, 0.3) is 0 Å². The molecule has 2 N–H and O–H groups in total. The van der Waals surface area contributed by atoms with Crippen LogP contribution in [0.15, 0.2) is 33.7 Å². The van der Waals surface area contributed by atoms with Gasteiger partial charge >= 0.3 is 5.97 Å². The highest BCUT2D eigenvalue weighted by Gasteiger charge is 2.59. The van der Waals surface area contributed by atoms with Crippen molar-refractivity contribution in [3.63, 3.8) is 0 Å². The minimum Gasteiger partial charge on any atom is -0.481 e. The van der Waals surface area contributed by atoms with Gasteiger partial charge in [0, 0.05) is 10.2 Å². The van der Waals surface area contributed by atoms with Gasteiger partial charge in [0.25, 0.3) is 5.56 Å². The Kier molecular flexibility index (Phi) is 4.97. The van der Waals surface area contributed by atoms with Crippen molar-refractivity contribution in [2.75, 3.05) is 5.32 Å². The number of hydrogen-bond donors (Lipinski definition) is 2. The molecule has 31 heavy (non-hydrogen) atoms. The van der Waals surface area contributed by atoms with Gasteiger partial charge in [0.2, 0.25) is 0 Å². The fourth-order valence-electron chi connectivity index (χ4n) is 6.91. The number of halogens is 2. The summed E-state index contributed by atoms with van der Waals surface area (Å²) < 4.78 is 2.59. The zero-order valence-corrected chi connectivity index (χ0v) is 19.7. The second kappa shape index (κ2) is 7.34. The summed E-state index contributed by atoms with van der Waals surface area (Å²) in [6.07, 6.45) is 7.29. The molecule has 6 rings (SSSR count). The molecule has 0 spiro atoms. The van der Waals surface area contributed by atoms with Crippen molar-refractivity contribution in [1.82, 2.24) is 9.78 Å². The van der Waals surface area contributed by atoms with E-state index in [-0.39, 0.29) is 22.4 Å². The quantitative estimate of drug-likeness (QED) is 0.561. The molecule has 0 unspecified atom stereocenters. The van der Waals surface area contributed by atoms with Crippen LogP contribution in [0.1, 0.15) is 50.5 Å². The predicted molar refractivity (Wildman–Crippen MR) is 123 cm³/mol. The largest absolute Gasteiger partial charge is 0.481 e. The van der Waals surface area contributed by atoms with Gasteiger partial charge in [-0.05, 0) is 86.5 Å². The van der Waals surface area contributed by atoms with Crippen LogP contribution >= 0.6 is 27.5 Å². The van der Waals surface area contributed by atoms with Gasteiger partial charge in [-0.25, -0.2) is 4.68 Å². The third-order valence-electron chi connectivity index (χ3n) is 7.48. The smallest absolute Gasteiger partial charge is 0.303 e. The molecule has 8 heteroatoms. The summed E-state index contributed by atoms with van der Waals surface area (Å²) in [6, 6.07) is 5.83. The molecule has 0 amide bonds. The molecule has 2 atom stereocenters. The fraction of sp³-hybridized carbons (Fsp3) is 0.522. The van der Waals surface area contributed by atoms with Crippen molar-refractivity contribution in [3.05, 3.63) is 49.8 Å². The lowest BCUT2D eigenvalue weighted by molar-refractivity contribution is -0.151. The summed E-state index contributed by atoms with van der Waals surface area (Å²) in [5.41, 5.74) is 1.43. The number of nitrogens with one attached hydrogen (secondary N) is 1. The monoisotopic (exact) mass is 505 g/mol. The number of carboxylic acids is 1. The standard InChI is InChI=1S/C23H25BrClN3O3/c1-13-4-16(2-3-17(13)24)27-18-11-26-28(21(31)20(18)25)23-8-14-5-15(9-23)7-22(6-14,12-23)10-19(29)30/h2-4,11,14-15,27H,5-10,12H2,1H3,(H,29,30)/t14-,15-,22?,23?/m0/s1. The van der Waals surface area contributed by atoms with E-state index >= 15 is 0 Å². The Morgan fingerprint density at radius 1 is 1.32 bits per heavy atom. The average molecular weight is 507 g/mol. The molecular formula is C23H25BrClN3O3. The maximum atomic E-state index is 13.3. The van der Waals surface area contributed by atoms with Crippen molar-refractivity contribution in [1.29, 1.82) is 0 Å². The molecule has 4 saturated carbocycles. The highest BCUT2D eigenvalue weighted by atomic mass is 79.9. The van der Waals surface area contributed by atoms with E-state index in [1.807, 2.05) is 25.1 Å². The van der Waals surface area contributed by atoms with Crippen molar-refractivity contribution in [3.8, 4) is 0 Å². The predicted octanol–water partition coefficient (Wildman–Crippen LogP) is 5.48. The number of aromatic nitrogens is 2. The molecular weight excluding hydrogens is 482 g/mol. The van der Waals surface area contributed by atoms with E-state index in [0.29, 0.717) is 23.9 Å². The van der Waals surface area contributed by atoms with Crippen LogP contribution in [0.2, 0.25) is 5.02 Å². The summed E-state index contributed by atoms with van der Waals surface area (Å²) in [4.78, 5) is 24.9. The molecule has 164 valence electrons. The summed E-state index contributed by atoms with van der Waals surface area (Å²) >= 11 is 10.0. The van der Waals surface area contributed by atoms with Gasteiger partial charge < -0.3 is 10.4 Å². The lowest BCUT2D eigenvalue weighted by Gasteiger charge is -2.61. The first-order chi connectivity index (χ1) is 14.7. The first kappa shape index (κ1) is 21.0. The third-order valence-corrected chi connectivity index (χ3v) is 8.74. The molecule has 6 nitrogen and oxygen atoms in total. The van der Waals surface area contributed by atoms with Crippen molar-refractivity contribution in [2.45, 2.75) is 57.4 Å². The number of aliphatic carboxylic acids is 1. The van der Waals surface area contributed by atoms with Gasteiger partial charge in [-0.15, -0.1) is 0 Å². The van der Waals surface area contributed by atoms with Crippen LogP contribution in [-0.2, 0) is 10.3 Å². The van der Waals surface area contributed by atoms with Gasteiger partial charge in [-0.2, -0.15) is 5.10 Å². The SMILES string of the molecule is Cc1cc(Nc2cnn(C34C[C@H]5C[C@@H](CC(CC(=O)O)(C5)C3)C4)c(=O)c2Cl)ccc1Br. The minimum absolute atomic E-state index is 0.124. The summed E-state index contributed by atoms with van der Waals surface area (Å²) in [6.45, 7) is 1.99. The second-order valence-corrected chi connectivity index (χ2v) is 11.2. The normalized spacial score (nSPS) is 31.1. The number of benzene rings is 1. The van der Waals surface area contributed by atoms with Crippen molar-refractivity contribution >= 4 is 44.9 Å². The number of anilines is 2. The van der Waals surface area contributed by atoms with E-state index in [1.165, 1.54) is 0 Å². The number of carbonyl (C=O) groups is 1. The third kappa shape index (κ3) is 3.59. The van der Waals surface area contributed by atoms with Gasteiger partial charge in [0.15, 0.2) is 0 Å². The van der Waals surface area contributed by atoms with Crippen LogP contribution in [0.4, 0.5) is 11.4 Å². The highest BCUT2D eigenvalue weighted by molar-refractivity contribution is 9.10. The Balaban J connectivity index is 1.49. The second-order valence-electron chi connectivity index (χ2n) is 9.93. The van der Waals surface area contributed by atoms with Crippen molar-refractivity contribution < 1.29 is 9.90 Å². The first-order valence-corrected chi connectivity index (χ1v) is 11.9. The molecule has 2 aromatic rings. The Morgan fingerprint density at radius 3 is 2.68 bits per heavy atom. The molecule has 0 radical (unpaired) electrons. The van der Waals surface area contributed by atoms with Crippen LogP contribution in [0.5, 0.6) is 0 Å². The minimum atomic E-state index is -0.750. The Morgan fingerprint density at radius 2 is 2.03 bits per heavy atom. The van der Waals surface area contributed by atoms with Gasteiger partial charge in [0.05, 0.1) is 23.8 Å². The number of hydrogen-bond acceptors (Lipinski definition) is 4. The fourth-order valence-corrected chi connectivity index (χ4v) is 7.34. The maximum absolute atomic E-state index is 13.3. The lowest BCUT2D eigenvalue weighted by Crippen LogP contribution is -2.59. The molecule has 0 aliphatic heterocycles. The van der Waals surface area contributed by atoms with Crippen LogP contribution in [0.3, 0.4) is 0 Å². The van der Waals surface area contributed by atoms with E-state index in [9.17, 15) is 14.7 Å². The Bertz CT molecular complexity index is 1120. The topological polar surface area (TPSA) is 84.2 Å². The molecule has 4 aliphatic rings. The van der Waals surface area contributed by atoms with Crippen molar-refractivity contribution in [2.24, 2.45) is 17.3 Å². The first-order valence-electron chi connectivity index (χ1n) is 10.7. The highest BCUT2D eigenvalue weighted by Crippen LogP contribution is 2.65. The van der Waals surface area contributed by atoms with Crippen LogP contribution in [0, 0.1) is 24.2 Å². The summed E-state index contributed by atoms with van der Waals surface area (Å²) in [7, 11) is 0. The van der Waals surface area contributed by atoms with Crippen LogP contribution < -0.4 is 10.9 Å². The molecule has 1 aromatic heterocycles. The molecule has 1 aromatic carbocycles. The molecule has 4 aliphatic carbocycles. The number of nitrogens with zero attached hydrogens (tertiary/aromatic N) is 2. The van der Waals surface area contributed by atoms with E-state index in [4.69, 9.17) is 11.6 Å². The van der Waals surface area contributed by atoms with Gasteiger partial charge in [-0.3, -0.25) is 9.59 Å². The number of carboxylic acid groups (broad SMARTS) is 1. The zero-order chi connectivity index (χ0) is 22.0. The molecule has 4 fully saturated rings.